The van der Waals surface area contributed by atoms with E-state index in [0.717, 1.165) is 0 Å². The summed E-state index contributed by atoms with van der Waals surface area (Å²) in [5.41, 5.74) is 0.669. The van der Waals surface area contributed by atoms with Gasteiger partial charge in [-0.2, -0.15) is 0 Å². The minimum absolute atomic E-state index is 0.660. The largest absolute Gasteiger partial charge is 0.580 e. The second kappa shape index (κ2) is 3.33. The Morgan fingerprint density at radius 3 is 2.27 bits per heavy atom. The maximum absolute atomic E-state index is 5.52. The fraction of sp³-hybridized carbons (Fsp3) is 0.250. The summed E-state index contributed by atoms with van der Waals surface area (Å²) >= 11 is 0. The van der Waals surface area contributed by atoms with Crippen molar-refractivity contribution < 1.29 is 9.47 Å². The van der Waals surface area contributed by atoms with Gasteiger partial charge in [0.25, 0.3) is 0 Å². The lowest BCUT2D eigenvalue weighted by Crippen LogP contribution is -2.02. The molecular formula is C8H9BO2-. The molecule has 0 amide bonds. The summed E-state index contributed by atoms with van der Waals surface area (Å²) in [5.74, 6) is 1.36. The molecule has 0 aromatic heterocycles. The van der Waals surface area contributed by atoms with E-state index in [1.807, 2.05) is 0 Å². The van der Waals surface area contributed by atoms with Crippen molar-refractivity contribution in [3.05, 3.63) is 18.2 Å². The van der Waals surface area contributed by atoms with Gasteiger partial charge >= 0.3 is 0 Å². The molecule has 1 rings (SSSR count). The van der Waals surface area contributed by atoms with Gasteiger partial charge in [-0.3, -0.25) is 0 Å². The lowest BCUT2D eigenvalue weighted by Gasteiger charge is -2.12. The molecule has 0 fully saturated rings. The summed E-state index contributed by atoms with van der Waals surface area (Å²) in [6.45, 7) is 0. The number of hydrogen-bond acceptors (Lipinski definition) is 2. The van der Waals surface area contributed by atoms with Crippen LogP contribution in [0.1, 0.15) is 0 Å². The number of methoxy groups -OCH3 is 2. The summed E-state index contributed by atoms with van der Waals surface area (Å²) in [4.78, 5) is 0. The Morgan fingerprint density at radius 1 is 1.09 bits per heavy atom. The fourth-order valence-electron chi connectivity index (χ4n) is 0.853. The van der Waals surface area contributed by atoms with Gasteiger partial charge in [-0.25, -0.2) is 0 Å². The molecule has 0 aliphatic carbocycles. The lowest BCUT2D eigenvalue weighted by molar-refractivity contribution is 0.355. The molecule has 0 saturated heterocycles. The molecule has 2 nitrogen and oxygen atoms in total. The molecule has 0 bridgehead atoms. The lowest BCUT2D eigenvalue weighted by atomic mass is 9.96. The van der Waals surface area contributed by atoms with Crippen LogP contribution in [0.3, 0.4) is 0 Å². The molecule has 0 atom stereocenters. The molecule has 0 N–H and O–H groups in total. The highest BCUT2D eigenvalue weighted by molar-refractivity contribution is 6.32. The first kappa shape index (κ1) is 7.99. The van der Waals surface area contributed by atoms with Gasteiger partial charge < -0.3 is 22.8 Å². The highest BCUT2D eigenvalue weighted by atomic mass is 16.5. The molecule has 3 radical (unpaired) electrons. The van der Waals surface area contributed by atoms with E-state index in [1.54, 1.807) is 32.4 Å². The van der Waals surface area contributed by atoms with Gasteiger partial charge in [0, 0.05) is 0 Å². The average Bonchev–Trinajstić information content (AvgIpc) is 2.04. The van der Waals surface area contributed by atoms with Crippen molar-refractivity contribution in [3.63, 3.8) is 0 Å². The monoisotopic (exact) mass is 148 g/mol. The Bertz CT molecular complexity index is 248. The fourth-order valence-corrected chi connectivity index (χ4v) is 0.853. The summed E-state index contributed by atoms with van der Waals surface area (Å²) in [7, 11) is 8.69. The number of benzene rings is 1. The van der Waals surface area contributed by atoms with Crippen molar-refractivity contribution >= 4 is 13.3 Å². The summed E-state index contributed by atoms with van der Waals surface area (Å²) < 4.78 is 10.0. The van der Waals surface area contributed by atoms with Crippen molar-refractivity contribution in [2.45, 2.75) is 0 Å². The maximum atomic E-state index is 5.52. The van der Waals surface area contributed by atoms with E-state index in [9.17, 15) is 0 Å². The van der Waals surface area contributed by atoms with Crippen LogP contribution in [0.2, 0.25) is 0 Å². The summed E-state index contributed by atoms with van der Waals surface area (Å²) in [6, 6.07) is 5.26. The van der Waals surface area contributed by atoms with Crippen molar-refractivity contribution in [3.8, 4) is 11.5 Å². The average molecular weight is 148 g/mol. The van der Waals surface area contributed by atoms with Crippen LogP contribution in [0.15, 0.2) is 18.2 Å². The third-order valence-corrected chi connectivity index (χ3v) is 1.41. The highest BCUT2D eigenvalue weighted by Gasteiger charge is 1.97. The Hall–Kier alpha value is -1.12. The standard InChI is InChI=1S/C8H9BO2/c1-10-7-4-3-6(9)5-8(7)11-2/h3-5H,1-2H3/q-1. The quantitative estimate of drug-likeness (QED) is 0.568. The van der Waals surface area contributed by atoms with Crippen LogP contribution in [0, 0.1) is 0 Å². The van der Waals surface area contributed by atoms with Gasteiger partial charge in [-0.1, -0.05) is 6.07 Å². The van der Waals surface area contributed by atoms with Gasteiger partial charge in [0.1, 0.15) is 0 Å². The maximum Gasteiger partial charge on any atom is 0.160 e. The molecule has 0 unspecified atom stereocenters. The second-order valence-corrected chi connectivity index (χ2v) is 2.11. The second-order valence-electron chi connectivity index (χ2n) is 2.11. The number of rotatable bonds is 2. The molecule has 0 aliphatic rings. The van der Waals surface area contributed by atoms with Crippen LogP contribution in [0.5, 0.6) is 11.5 Å². The van der Waals surface area contributed by atoms with Crippen molar-refractivity contribution in [1.82, 2.24) is 0 Å². The summed E-state index contributed by atoms with van der Waals surface area (Å²) in [5, 5.41) is 0. The van der Waals surface area contributed by atoms with Crippen LogP contribution in [-0.4, -0.2) is 22.1 Å². The van der Waals surface area contributed by atoms with E-state index in [0.29, 0.717) is 17.0 Å². The minimum atomic E-state index is 0.660. The predicted octanol–water partition coefficient (Wildman–Crippen LogP) is 0.498. The van der Waals surface area contributed by atoms with Crippen LogP contribution in [0.4, 0.5) is 0 Å². The summed E-state index contributed by atoms with van der Waals surface area (Å²) in [6.07, 6.45) is 0. The first-order chi connectivity index (χ1) is 5.27. The molecule has 0 spiro atoms. The van der Waals surface area contributed by atoms with Gasteiger partial charge in [0.05, 0.1) is 14.2 Å². The molecule has 1 aromatic rings. The normalized spacial score (nSPS) is 9.36. The number of hydrogen-bond donors (Lipinski definition) is 0. The molecular weight excluding hydrogens is 139 g/mol. The molecule has 0 aliphatic heterocycles. The third-order valence-electron chi connectivity index (χ3n) is 1.41. The molecule has 3 heteroatoms. The first-order valence-electron chi connectivity index (χ1n) is 3.25. The van der Waals surface area contributed by atoms with Crippen LogP contribution < -0.4 is 14.9 Å². The number of ether oxygens (including phenoxy) is 2. The predicted molar refractivity (Wildman–Crippen MR) is 44.9 cm³/mol. The molecule has 57 valence electrons. The van der Waals surface area contributed by atoms with E-state index in [1.165, 1.54) is 0 Å². The van der Waals surface area contributed by atoms with E-state index >= 15 is 0 Å². The van der Waals surface area contributed by atoms with Crippen LogP contribution >= 0.6 is 0 Å². The van der Waals surface area contributed by atoms with Crippen LogP contribution in [0.25, 0.3) is 0 Å². The van der Waals surface area contributed by atoms with Crippen molar-refractivity contribution in [2.24, 2.45) is 0 Å². The SMILES string of the molecule is [B-]c1ccc(OC)c(OC)c1. The minimum Gasteiger partial charge on any atom is -0.580 e. The van der Waals surface area contributed by atoms with E-state index in [-0.39, 0.29) is 0 Å². The van der Waals surface area contributed by atoms with E-state index < -0.39 is 0 Å². The Morgan fingerprint density at radius 2 is 1.73 bits per heavy atom. The molecule has 11 heavy (non-hydrogen) atoms. The van der Waals surface area contributed by atoms with Crippen LogP contribution in [-0.2, 0) is 0 Å². The first-order valence-corrected chi connectivity index (χ1v) is 3.25. The smallest absolute Gasteiger partial charge is 0.160 e. The Kier molecular flexibility index (Phi) is 2.42. The Labute approximate surface area is 67.5 Å². The van der Waals surface area contributed by atoms with Gasteiger partial charge in [0.15, 0.2) is 11.5 Å². The van der Waals surface area contributed by atoms with Gasteiger partial charge in [-0.05, 0) is 6.07 Å². The van der Waals surface area contributed by atoms with E-state index in [4.69, 9.17) is 17.3 Å². The molecule has 0 heterocycles. The van der Waals surface area contributed by atoms with Gasteiger partial charge in [0.2, 0.25) is 0 Å². The third kappa shape index (κ3) is 1.67. The van der Waals surface area contributed by atoms with E-state index in [2.05, 4.69) is 0 Å². The van der Waals surface area contributed by atoms with Crippen molar-refractivity contribution in [1.29, 1.82) is 0 Å². The zero-order valence-corrected chi connectivity index (χ0v) is 6.63. The van der Waals surface area contributed by atoms with Gasteiger partial charge in [-0.15, -0.1) is 6.07 Å². The topological polar surface area (TPSA) is 18.5 Å². The zero-order chi connectivity index (χ0) is 8.27. The van der Waals surface area contributed by atoms with Crippen molar-refractivity contribution in [2.75, 3.05) is 14.2 Å². The molecule has 1 aromatic carbocycles. The highest BCUT2D eigenvalue weighted by Crippen LogP contribution is 2.23. The zero-order valence-electron chi connectivity index (χ0n) is 6.63. The Balaban J connectivity index is 3.06. The molecule has 0 saturated carbocycles.